The molecule has 0 saturated heterocycles. The Bertz CT molecular complexity index is 336. The van der Waals surface area contributed by atoms with Crippen LogP contribution in [0.1, 0.15) is 30.9 Å². The maximum absolute atomic E-state index is 6.05. The first-order valence-corrected chi connectivity index (χ1v) is 5.62. The van der Waals surface area contributed by atoms with E-state index in [-0.39, 0.29) is 6.04 Å². The van der Waals surface area contributed by atoms with Crippen molar-refractivity contribution in [1.29, 1.82) is 0 Å². The lowest BCUT2D eigenvalue weighted by Crippen LogP contribution is -2.11. The Morgan fingerprint density at radius 2 is 2.29 bits per heavy atom. The van der Waals surface area contributed by atoms with Gasteiger partial charge in [0.25, 0.3) is 0 Å². The maximum Gasteiger partial charge on any atom is 0.137 e. The van der Waals surface area contributed by atoms with Crippen LogP contribution in [0, 0.1) is 5.92 Å². The molecule has 0 bridgehead atoms. The third-order valence-corrected chi connectivity index (χ3v) is 3.24. The third kappa shape index (κ3) is 2.25. The summed E-state index contributed by atoms with van der Waals surface area (Å²) in [6, 6.07) is 2.07. The molecule has 1 fully saturated rings. The molecule has 1 aromatic rings. The Morgan fingerprint density at radius 1 is 1.57 bits per heavy atom. The highest BCUT2D eigenvalue weighted by atomic mass is 79.9. The normalized spacial score (nSPS) is 18.1. The SMILES string of the molecule is Nc1ncc([C@@H](N)CC2CC2)cc1Br. The molecule has 0 spiro atoms. The van der Waals surface area contributed by atoms with Crippen LogP contribution in [0.4, 0.5) is 5.82 Å². The molecule has 1 aliphatic rings. The van der Waals surface area contributed by atoms with Gasteiger partial charge in [0.1, 0.15) is 5.82 Å². The minimum absolute atomic E-state index is 0.104. The van der Waals surface area contributed by atoms with Crippen LogP contribution in [-0.2, 0) is 0 Å². The van der Waals surface area contributed by atoms with Gasteiger partial charge in [-0.05, 0) is 39.9 Å². The van der Waals surface area contributed by atoms with E-state index in [0.717, 1.165) is 22.4 Å². The summed E-state index contributed by atoms with van der Waals surface area (Å²) in [5, 5.41) is 0. The van der Waals surface area contributed by atoms with Crippen LogP contribution < -0.4 is 11.5 Å². The second kappa shape index (κ2) is 3.87. The first-order valence-electron chi connectivity index (χ1n) is 4.83. The van der Waals surface area contributed by atoms with Crippen molar-refractivity contribution in [2.75, 3.05) is 5.73 Å². The third-order valence-electron chi connectivity index (χ3n) is 2.60. The number of rotatable bonds is 3. The van der Waals surface area contributed by atoms with E-state index in [2.05, 4.69) is 20.9 Å². The maximum atomic E-state index is 6.05. The molecule has 4 heteroatoms. The fraction of sp³-hybridized carbons (Fsp3) is 0.500. The Labute approximate surface area is 92.0 Å². The molecule has 0 aromatic carbocycles. The quantitative estimate of drug-likeness (QED) is 0.871. The van der Waals surface area contributed by atoms with Crippen molar-refractivity contribution in [3.63, 3.8) is 0 Å². The zero-order valence-electron chi connectivity index (χ0n) is 7.91. The van der Waals surface area contributed by atoms with Crippen molar-refractivity contribution in [1.82, 2.24) is 4.98 Å². The average molecular weight is 256 g/mol. The molecular formula is C10H14BrN3. The molecule has 1 saturated carbocycles. The van der Waals surface area contributed by atoms with Crippen molar-refractivity contribution < 1.29 is 0 Å². The summed E-state index contributed by atoms with van der Waals surface area (Å²) in [5.74, 6) is 1.36. The number of nitrogens with two attached hydrogens (primary N) is 2. The second-order valence-electron chi connectivity index (χ2n) is 3.92. The smallest absolute Gasteiger partial charge is 0.137 e. The first-order chi connectivity index (χ1) is 6.66. The van der Waals surface area contributed by atoms with E-state index in [9.17, 15) is 0 Å². The number of anilines is 1. The van der Waals surface area contributed by atoms with Gasteiger partial charge in [-0.15, -0.1) is 0 Å². The van der Waals surface area contributed by atoms with E-state index in [0.29, 0.717) is 5.82 Å². The predicted octanol–water partition coefficient (Wildman–Crippen LogP) is 2.23. The summed E-state index contributed by atoms with van der Waals surface area (Å²) in [7, 11) is 0. The van der Waals surface area contributed by atoms with Crippen LogP contribution in [0.3, 0.4) is 0 Å². The zero-order valence-corrected chi connectivity index (χ0v) is 9.50. The summed E-state index contributed by atoms with van der Waals surface area (Å²) in [4.78, 5) is 4.08. The number of nitrogen functional groups attached to an aromatic ring is 1. The Kier molecular flexibility index (Phi) is 2.74. The van der Waals surface area contributed by atoms with Crippen molar-refractivity contribution in [3.8, 4) is 0 Å². The second-order valence-corrected chi connectivity index (χ2v) is 4.78. The van der Waals surface area contributed by atoms with Gasteiger partial charge in [0.2, 0.25) is 0 Å². The summed E-state index contributed by atoms with van der Waals surface area (Å²) >= 11 is 3.35. The molecule has 1 aliphatic carbocycles. The van der Waals surface area contributed by atoms with Gasteiger partial charge in [-0.3, -0.25) is 0 Å². The van der Waals surface area contributed by atoms with E-state index in [1.807, 2.05) is 6.07 Å². The van der Waals surface area contributed by atoms with Gasteiger partial charge in [0, 0.05) is 12.2 Å². The largest absolute Gasteiger partial charge is 0.383 e. The fourth-order valence-electron chi connectivity index (χ4n) is 1.51. The van der Waals surface area contributed by atoms with Crippen LogP contribution in [0.25, 0.3) is 0 Å². The van der Waals surface area contributed by atoms with Crippen LogP contribution in [-0.4, -0.2) is 4.98 Å². The number of pyridine rings is 1. The highest BCUT2D eigenvalue weighted by molar-refractivity contribution is 9.10. The van der Waals surface area contributed by atoms with Crippen LogP contribution >= 0.6 is 15.9 Å². The van der Waals surface area contributed by atoms with Crippen LogP contribution in [0.5, 0.6) is 0 Å². The van der Waals surface area contributed by atoms with Crippen LogP contribution in [0.15, 0.2) is 16.7 Å². The molecule has 1 aromatic heterocycles. The summed E-state index contributed by atoms with van der Waals surface area (Å²) < 4.78 is 0.834. The first kappa shape index (κ1) is 9.93. The zero-order chi connectivity index (χ0) is 10.1. The van der Waals surface area contributed by atoms with Gasteiger partial charge in [0.15, 0.2) is 0 Å². The molecule has 4 N–H and O–H groups in total. The summed E-state index contributed by atoms with van der Waals surface area (Å²) in [6.07, 6.45) is 5.50. The summed E-state index contributed by atoms with van der Waals surface area (Å²) in [5.41, 5.74) is 12.7. The Hall–Kier alpha value is -0.610. The van der Waals surface area contributed by atoms with E-state index >= 15 is 0 Å². The van der Waals surface area contributed by atoms with Crippen molar-refractivity contribution >= 4 is 21.7 Å². The minimum Gasteiger partial charge on any atom is -0.383 e. The highest BCUT2D eigenvalue weighted by Gasteiger charge is 2.24. The molecule has 2 rings (SSSR count). The van der Waals surface area contributed by atoms with Crippen LogP contribution in [0.2, 0.25) is 0 Å². The lowest BCUT2D eigenvalue weighted by molar-refractivity contribution is 0.595. The molecule has 3 nitrogen and oxygen atoms in total. The molecule has 0 amide bonds. The standard InChI is InChI=1S/C10H14BrN3/c11-8-4-7(5-14-10(8)13)9(12)3-6-1-2-6/h4-6,9H,1-3,12H2,(H2,13,14)/t9-/m0/s1. The average Bonchev–Trinajstić information content (AvgIpc) is 2.93. The number of aromatic nitrogens is 1. The van der Waals surface area contributed by atoms with E-state index in [1.165, 1.54) is 12.8 Å². The van der Waals surface area contributed by atoms with Gasteiger partial charge in [-0.1, -0.05) is 12.8 Å². The molecule has 0 aliphatic heterocycles. The molecule has 76 valence electrons. The van der Waals surface area contributed by atoms with Crippen molar-refractivity contribution in [2.24, 2.45) is 11.7 Å². The Morgan fingerprint density at radius 3 is 2.86 bits per heavy atom. The van der Waals surface area contributed by atoms with Gasteiger partial charge in [-0.2, -0.15) is 0 Å². The minimum atomic E-state index is 0.104. The molecule has 1 atom stereocenters. The summed E-state index contributed by atoms with van der Waals surface area (Å²) in [6.45, 7) is 0. The topological polar surface area (TPSA) is 64.9 Å². The lowest BCUT2D eigenvalue weighted by atomic mass is 10.0. The van der Waals surface area contributed by atoms with Gasteiger partial charge >= 0.3 is 0 Å². The molecule has 0 radical (unpaired) electrons. The number of hydrogen-bond donors (Lipinski definition) is 2. The molecular weight excluding hydrogens is 242 g/mol. The van der Waals surface area contributed by atoms with E-state index in [1.54, 1.807) is 6.20 Å². The van der Waals surface area contributed by atoms with Gasteiger partial charge < -0.3 is 11.5 Å². The molecule has 1 heterocycles. The predicted molar refractivity (Wildman–Crippen MR) is 60.6 cm³/mol. The van der Waals surface area contributed by atoms with Gasteiger partial charge in [0.05, 0.1) is 4.47 Å². The Balaban J connectivity index is 2.10. The van der Waals surface area contributed by atoms with E-state index < -0.39 is 0 Å². The number of nitrogens with zero attached hydrogens (tertiary/aromatic N) is 1. The lowest BCUT2D eigenvalue weighted by Gasteiger charge is -2.11. The van der Waals surface area contributed by atoms with Crippen molar-refractivity contribution in [2.45, 2.75) is 25.3 Å². The molecule has 0 unspecified atom stereocenters. The van der Waals surface area contributed by atoms with E-state index in [4.69, 9.17) is 11.5 Å². The fourth-order valence-corrected chi connectivity index (χ4v) is 1.88. The van der Waals surface area contributed by atoms with Crippen molar-refractivity contribution in [3.05, 3.63) is 22.3 Å². The monoisotopic (exact) mass is 255 g/mol. The highest BCUT2D eigenvalue weighted by Crippen LogP contribution is 2.37. The van der Waals surface area contributed by atoms with Gasteiger partial charge in [-0.25, -0.2) is 4.98 Å². The number of hydrogen-bond acceptors (Lipinski definition) is 3. The number of halogens is 1. The molecule has 14 heavy (non-hydrogen) atoms.